The summed E-state index contributed by atoms with van der Waals surface area (Å²) in [5.41, 5.74) is 3.35. The average Bonchev–Trinajstić information content (AvgIpc) is 2.92. The van der Waals surface area contributed by atoms with Gasteiger partial charge in [-0.15, -0.1) is 0 Å². The number of hydrogen-bond acceptors (Lipinski definition) is 3. The molecule has 0 bridgehead atoms. The first-order chi connectivity index (χ1) is 10.0. The van der Waals surface area contributed by atoms with Gasteiger partial charge in [-0.2, -0.15) is 0 Å². The van der Waals surface area contributed by atoms with Crippen LogP contribution < -0.4 is 5.32 Å². The van der Waals surface area contributed by atoms with Gasteiger partial charge in [0.15, 0.2) is 0 Å². The third kappa shape index (κ3) is 3.11. The molecule has 0 amide bonds. The SMILES string of the molecule is CC(C)(C)NCc1cncn1-c1ccc2ncccc2c1. The first-order valence-electron chi connectivity index (χ1n) is 7.14. The molecule has 108 valence electrons. The number of nitrogens with zero attached hydrogens (tertiary/aromatic N) is 3. The number of pyridine rings is 1. The van der Waals surface area contributed by atoms with E-state index in [4.69, 9.17) is 0 Å². The van der Waals surface area contributed by atoms with Crippen molar-refractivity contribution in [3.8, 4) is 5.69 Å². The Morgan fingerprint density at radius 3 is 2.86 bits per heavy atom. The highest BCUT2D eigenvalue weighted by Crippen LogP contribution is 2.18. The summed E-state index contributed by atoms with van der Waals surface area (Å²) < 4.78 is 2.12. The van der Waals surface area contributed by atoms with Crippen LogP contribution in [0.1, 0.15) is 26.5 Å². The Bertz CT molecular complexity index is 753. The highest BCUT2D eigenvalue weighted by Gasteiger charge is 2.11. The number of nitrogens with one attached hydrogen (secondary N) is 1. The molecule has 21 heavy (non-hydrogen) atoms. The highest BCUT2D eigenvalue weighted by molar-refractivity contribution is 5.80. The standard InChI is InChI=1S/C17H20N4/c1-17(2,3)20-11-15-10-18-12-21(15)14-6-7-16-13(9-14)5-4-8-19-16/h4-10,12,20H,11H2,1-3H3. The Balaban J connectivity index is 1.94. The molecule has 0 atom stereocenters. The summed E-state index contributed by atoms with van der Waals surface area (Å²) in [5.74, 6) is 0. The highest BCUT2D eigenvalue weighted by atomic mass is 15.1. The molecule has 3 rings (SSSR count). The molecule has 0 radical (unpaired) electrons. The zero-order chi connectivity index (χ0) is 14.9. The van der Waals surface area contributed by atoms with E-state index in [0.29, 0.717) is 0 Å². The molecule has 2 aromatic heterocycles. The van der Waals surface area contributed by atoms with E-state index in [1.807, 2.05) is 30.9 Å². The van der Waals surface area contributed by atoms with E-state index in [9.17, 15) is 0 Å². The summed E-state index contributed by atoms with van der Waals surface area (Å²) in [6.07, 6.45) is 5.58. The van der Waals surface area contributed by atoms with E-state index in [2.05, 4.69) is 58.8 Å². The molecule has 1 aromatic carbocycles. The third-order valence-electron chi connectivity index (χ3n) is 3.38. The molecule has 0 aliphatic heterocycles. The zero-order valence-electron chi connectivity index (χ0n) is 12.7. The quantitative estimate of drug-likeness (QED) is 0.800. The second-order valence-corrected chi connectivity index (χ2v) is 6.24. The summed E-state index contributed by atoms with van der Waals surface area (Å²) >= 11 is 0. The van der Waals surface area contributed by atoms with Crippen molar-refractivity contribution < 1.29 is 0 Å². The van der Waals surface area contributed by atoms with Crippen LogP contribution in [0.25, 0.3) is 16.6 Å². The van der Waals surface area contributed by atoms with Crippen molar-refractivity contribution in [2.75, 3.05) is 0 Å². The van der Waals surface area contributed by atoms with E-state index in [1.54, 1.807) is 0 Å². The zero-order valence-corrected chi connectivity index (χ0v) is 12.7. The van der Waals surface area contributed by atoms with Crippen molar-refractivity contribution in [3.05, 3.63) is 54.7 Å². The summed E-state index contributed by atoms with van der Waals surface area (Å²) in [7, 11) is 0. The second kappa shape index (κ2) is 5.30. The summed E-state index contributed by atoms with van der Waals surface area (Å²) in [6, 6.07) is 10.3. The molecule has 0 unspecified atom stereocenters. The molecule has 0 aliphatic rings. The molecule has 0 saturated carbocycles. The molecule has 2 heterocycles. The third-order valence-corrected chi connectivity index (χ3v) is 3.38. The van der Waals surface area contributed by atoms with Gasteiger partial charge in [0.1, 0.15) is 0 Å². The monoisotopic (exact) mass is 280 g/mol. The fraction of sp³-hybridized carbons (Fsp3) is 0.294. The van der Waals surface area contributed by atoms with Crippen LogP contribution in [-0.2, 0) is 6.54 Å². The van der Waals surface area contributed by atoms with Gasteiger partial charge in [-0.1, -0.05) is 6.07 Å². The fourth-order valence-corrected chi connectivity index (χ4v) is 2.25. The van der Waals surface area contributed by atoms with Crippen molar-refractivity contribution in [2.45, 2.75) is 32.9 Å². The van der Waals surface area contributed by atoms with Gasteiger partial charge in [-0.05, 0) is 45.0 Å². The van der Waals surface area contributed by atoms with Crippen molar-refractivity contribution >= 4 is 10.9 Å². The number of imidazole rings is 1. The Labute approximate surface area is 124 Å². The van der Waals surface area contributed by atoms with Crippen LogP contribution in [0, 0.1) is 0 Å². The fourth-order valence-electron chi connectivity index (χ4n) is 2.25. The maximum absolute atomic E-state index is 4.36. The minimum atomic E-state index is 0.0857. The lowest BCUT2D eigenvalue weighted by atomic mass is 10.1. The predicted molar refractivity (Wildman–Crippen MR) is 85.5 cm³/mol. The van der Waals surface area contributed by atoms with E-state index >= 15 is 0 Å². The number of aromatic nitrogens is 3. The van der Waals surface area contributed by atoms with Crippen LogP contribution in [0.5, 0.6) is 0 Å². The van der Waals surface area contributed by atoms with Crippen LogP contribution in [0.3, 0.4) is 0 Å². The predicted octanol–water partition coefficient (Wildman–Crippen LogP) is 3.31. The second-order valence-electron chi connectivity index (χ2n) is 6.24. The van der Waals surface area contributed by atoms with Gasteiger partial charge in [0.25, 0.3) is 0 Å². The van der Waals surface area contributed by atoms with Gasteiger partial charge in [-0.3, -0.25) is 4.98 Å². The van der Waals surface area contributed by atoms with Gasteiger partial charge >= 0.3 is 0 Å². The van der Waals surface area contributed by atoms with Gasteiger partial charge in [0.05, 0.1) is 17.5 Å². The average molecular weight is 280 g/mol. The molecular formula is C17H20N4. The van der Waals surface area contributed by atoms with Gasteiger partial charge in [0, 0.05) is 35.6 Å². The molecule has 4 heteroatoms. The van der Waals surface area contributed by atoms with E-state index in [1.165, 1.54) is 0 Å². The van der Waals surface area contributed by atoms with Crippen molar-refractivity contribution in [3.63, 3.8) is 0 Å². The minimum absolute atomic E-state index is 0.0857. The molecule has 4 nitrogen and oxygen atoms in total. The molecule has 1 N–H and O–H groups in total. The molecule has 0 aliphatic carbocycles. The van der Waals surface area contributed by atoms with E-state index in [0.717, 1.165) is 28.8 Å². The summed E-state index contributed by atoms with van der Waals surface area (Å²) in [6.45, 7) is 7.27. The first kappa shape index (κ1) is 13.8. The molecule has 0 saturated heterocycles. The van der Waals surface area contributed by atoms with Crippen LogP contribution in [0.2, 0.25) is 0 Å². The van der Waals surface area contributed by atoms with Gasteiger partial charge in [-0.25, -0.2) is 4.98 Å². The molecule has 0 spiro atoms. The van der Waals surface area contributed by atoms with Crippen molar-refractivity contribution in [1.29, 1.82) is 0 Å². The van der Waals surface area contributed by atoms with Crippen LogP contribution in [0.4, 0.5) is 0 Å². The first-order valence-corrected chi connectivity index (χ1v) is 7.14. The van der Waals surface area contributed by atoms with Crippen LogP contribution >= 0.6 is 0 Å². The molecule has 3 aromatic rings. The van der Waals surface area contributed by atoms with E-state index in [-0.39, 0.29) is 5.54 Å². The van der Waals surface area contributed by atoms with Crippen LogP contribution in [0.15, 0.2) is 49.1 Å². The maximum Gasteiger partial charge on any atom is 0.0994 e. The van der Waals surface area contributed by atoms with E-state index < -0.39 is 0 Å². The van der Waals surface area contributed by atoms with Crippen molar-refractivity contribution in [1.82, 2.24) is 19.9 Å². The maximum atomic E-state index is 4.36. The van der Waals surface area contributed by atoms with Gasteiger partial charge in [0.2, 0.25) is 0 Å². The van der Waals surface area contributed by atoms with Crippen LogP contribution in [-0.4, -0.2) is 20.1 Å². The normalized spacial score (nSPS) is 12.0. The molecular weight excluding hydrogens is 260 g/mol. The summed E-state index contributed by atoms with van der Waals surface area (Å²) in [5, 5.41) is 4.64. The lowest BCUT2D eigenvalue weighted by molar-refractivity contribution is 0.419. The number of benzene rings is 1. The minimum Gasteiger partial charge on any atom is -0.306 e. The topological polar surface area (TPSA) is 42.7 Å². The number of rotatable bonds is 3. The lowest BCUT2D eigenvalue weighted by Gasteiger charge is -2.21. The number of fused-ring (bicyclic) bond motifs is 1. The smallest absolute Gasteiger partial charge is 0.0994 e. The Kier molecular flexibility index (Phi) is 3.47. The van der Waals surface area contributed by atoms with Crippen molar-refractivity contribution in [2.24, 2.45) is 0 Å². The Morgan fingerprint density at radius 1 is 1.19 bits per heavy atom. The largest absolute Gasteiger partial charge is 0.306 e. The molecule has 0 fully saturated rings. The lowest BCUT2D eigenvalue weighted by Crippen LogP contribution is -2.35. The van der Waals surface area contributed by atoms with Gasteiger partial charge < -0.3 is 9.88 Å². The Morgan fingerprint density at radius 2 is 2.05 bits per heavy atom. The Hall–Kier alpha value is -2.20. The summed E-state index contributed by atoms with van der Waals surface area (Å²) in [4.78, 5) is 8.64. The number of hydrogen-bond donors (Lipinski definition) is 1.